The van der Waals surface area contributed by atoms with Crippen LogP contribution in [-0.2, 0) is 0 Å². The maximum Gasteiger partial charge on any atom is 0.0349 e. The summed E-state index contributed by atoms with van der Waals surface area (Å²) >= 11 is 1.77. The average molecular weight is 185 g/mol. The first-order valence-electron chi connectivity index (χ1n) is 4.14. The Hall–Kier alpha value is -1.41. The minimum absolute atomic E-state index is 1.22. The van der Waals surface area contributed by atoms with E-state index >= 15 is 0 Å². The van der Waals surface area contributed by atoms with Gasteiger partial charge in [0.05, 0.1) is 0 Å². The SMILES string of the molecule is c1cc2cc3ccsc3cc2cn1. The number of aromatic nitrogens is 1. The van der Waals surface area contributed by atoms with Crippen LogP contribution in [0.1, 0.15) is 0 Å². The highest BCUT2D eigenvalue weighted by molar-refractivity contribution is 7.17. The van der Waals surface area contributed by atoms with Crippen LogP contribution >= 0.6 is 11.3 Å². The Balaban J connectivity index is 2.57. The number of rotatable bonds is 0. The van der Waals surface area contributed by atoms with E-state index in [1.54, 1.807) is 11.3 Å². The molecule has 0 atom stereocenters. The number of pyridine rings is 1. The molecular formula is C11H7NS. The smallest absolute Gasteiger partial charge is 0.0349 e. The van der Waals surface area contributed by atoms with Crippen molar-refractivity contribution in [3.05, 3.63) is 42.0 Å². The molecule has 0 N–H and O–H groups in total. The van der Waals surface area contributed by atoms with Crippen LogP contribution in [0.25, 0.3) is 20.9 Å². The third-order valence-electron chi connectivity index (χ3n) is 2.21. The molecule has 3 aromatic rings. The Morgan fingerprint density at radius 3 is 3.00 bits per heavy atom. The molecule has 1 aromatic carbocycles. The van der Waals surface area contributed by atoms with Crippen LogP contribution in [0.2, 0.25) is 0 Å². The minimum atomic E-state index is 1.22. The number of benzene rings is 1. The predicted molar refractivity (Wildman–Crippen MR) is 57.1 cm³/mol. The van der Waals surface area contributed by atoms with E-state index in [0.29, 0.717) is 0 Å². The molecule has 0 bridgehead atoms. The topological polar surface area (TPSA) is 12.9 Å². The summed E-state index contributed by atoms with van der Waals surface area (Å²) in [5.41, 5.74) is 0. The van der Waals surface area contributed by atoms with Gasteiger partial charge in [-0.1, -0.05) is 0 Å². The molecule has 2 heterocycles. The lowest BCUT2D eigenvalue weighted by molar-refractivity contribution is 1.37. The van der Waals surface area contributed by atoms with Crippen LogP contribution in [0, 0.1) is 0 Å². The van der Waals surface area contributed by atoms with Gasteiger partial charge in [-0.05, 0) is 40.4 Å². The molecule has 2 aromatic heterocycles. The molecule has 0 aliphatic rings. The predicted octanol–water partition coefficient (Wildman–Crippen LogP) is 3.45. The molecule has 0 amide bonds. The van der Waals surface area contributed by atoms with Crippen LogP contribution in [0.3, 0.4) is 0 Å². The third-order valence-corrected chi connectivity index (χ3v) is 3.09. The highest BCUT2D eigenvalue weighted by atomic mass is 32.1. The zero-order chi connectivity index (χ0) is 8.67. The summed E-state index contributed by atoms with van der Waals surface area (Å²) < 4.78 is 1.33. The lowest BCUT2D eigenvalue weighted by Crippen LogP contribution is -1.73. The van der Waals surface area contributed by atoms with Crippen molar-refractivity contribution in [2.75, 3.05) is 0 Å². The second-order valence-electron chi connectivity index (χ2n) is 3.03. The van der Waals surface area contributed by atoms with E-state index in [9.17, 15) is 0 Å². The van der Waals surface area contributed by atoms with E-state index in [0.717, 1.165) is 0 Å². The van der Waals surface area contributed by atoms with Gasteiger partial charge < -0.3 is 0 Å². The molecule has 0 saturated carbocycles. The molecule has 0 unspecified atom stereocenters. The maximum atomic E-state index is 4.11. The van der Waals surface area contributed by atoms with Gasteiger partial charge in [-0.15, -0.1) is 11.3 Å². The summed E-state index contributed by atoms with van der Waals surface area (Å²) in [7, 11) is 0. The molecule has 3 rings (SSSR count). The van der Waals surface area contributed by atoms with Crippen molar-refractivity contribution in [2.45, 2.75) is 0 Å². The summed E-state index contributed by atoms with van der Waals surface area (Å²) in [6.45, 7) is 0. The fourth-order valence-corrected chi connectivity index (χ4v) is 2.36. The summed E-state index contributed by atoms with van der Waals surface area (Å²) in [6.07, 6.45) is 3.75. The Morgan fingerprint density at radius 1 is 1.00 bits per heavy atom. The second-order valence-corrected chi connectivity index (χ2v) is 3.98. The van der Waals surface area contributed by atoms with Crippen molar-refractivity contribution >= 4 is 32.2 Å². The fourth-order valence-electron chi connectivity index (χ4n) is 1.55. The first kappa shape index (κ1) is 7.04. The summed E-state index contributed by atoms with van der Waals surface area (Å²) in [4.78, 5) is 4.11. The Morgan fingerprint density at radius 2 is 2.00 bits per heavy atom. The van der Waals surface area contributed by atoms with E-state index in [2.05, 4.69) is 28.6 Å². The van der Waals surface area contributed by atoms with Crippen LogP contribution in [0.5, 0.6) is 0 Å². The second kappa shape index (κ2) is 2.54. The average Bonchev–Trinajstić information content (AvgIpc) is 2.61. The monoisotopic (exact) mass is 185 g/mol. The molecule has 0 aliphatic carbocycles. The number of thiophene rings is 1. The molecule has 1 nitrogen and oxygen atoms in total. The summed E-state index contributed by atoms with van der Waals surface area (Å²) in [6, 6.07) is 8.61. The quantitative estimate of drug-likeness (QED) is 0.522. The molecule has 0 aliphatic heterocycles. The third kappa shape index (κ3) is 1.03. The molecule has 0 fully saturated rings. The van der Waals surface area contributed by atoms with Crippen molar-refractivity contribution < 1.29 is 0 Å². The van der Waals surface area contributed by atoms with Gasteiger partial charge in [0.2, 0.25) is 0 Å². The van der Waals surface area contributed by atoms with Gasteiger partial charge >= 0.3 is 0 Å². The van der Waals surface area contributed by atoms with E-state index in [4.69, 9.17) is 0 Å². The summed E-state index contributed by atoms with van der Waals surface area (Å²) in [5, 5.41) is 5.93. The summed E-state index contributed by atoms with van der Waals surface area (Å²) in [5.74, 6) is 0. The van der Waals surface area contributed by atoms with Gasteiger partial charge in [-0.3, -0.25) is 4.98 Å². The molecule has 0 spiro atoms. The Kier molecular flexibility index (Phi) is 1.37. The maximum absolute atomic E-state index is 4.11. The Labute approximate surface area is 79.7 Å². The van der Waals surface area contributed by atoms with Crippen molar-refractivity contribution in [3.63, 3.8) is 0 Å². The van der Waals surface area contributed by atoms with Crippen molar-refractivity contribution in [1.29, 1.82) is 0 Å². The van der Waals surface area contributed by atoms with E-state index in [1.165, 1.54) is 20.9 Å². The van der Waals surface area contributed by atoms with Crippen LogP contribution < -0.4 is 0 Å². The van der Waals surface area contributed by atoms with Crippen LogP contribution in [-0.4, -0.2) is 4.98 Å². The van der Waals surface area contributed by atoms with E-state index in [1.807, 2.05) is 18.5 Å². The van der Waals surface area contributed by atoms with Crippen molar-refractivity contribution in [3.8, 4) is 0 Å². The number of nitrogens with zero attached hydrogens (tertiary/aromatic N) is 1. The van der Waals surface area contributed by atoms with Crippen molar-refractivity contribution in [1.82, 2.24) is 4.98 Å². The number of hydrogen-bond acceptors (Lipinski definition) is 2. The molecule has 2 heteroatoms. The van der Waals surface area contributed by atoms with Gasteiger partial charge in [0.1, 0.15) is 0 Å². The van der Waals surface area contributed by atoms with Crippen molar-refractivity contribution in [2.24, 2.45) is 0 Å². The highest BCUT2D eigenvalue weighted by Crippen LogP contribution is 2.25. The lowest BCUT2D eigenvalue weighted by atomic mass is 10.1. The largest absolute Gasteiger partial charge is 0.264 e. The van der Waals surface area contributed by atoms with Gasteiger partial charge in [-0.2, -0.15) is 0 Å². The fraction of sp³-hybridized carbons (Fsp3) is 0. The Bertz CT molecular complexity index is 519. The van der Waals surface area contributed by atoms with Gasteiger partial charge in [0, 0.05) is 22.5 Å². The van der Waals surface area contributed by atoms with E-state index < -0.39 is 0 Å². The van der Waals surface area contributed by atoms with Crippen LogP contribution in [0.4, 0.5) is 0 Å². The van der Waals surface area contributed by atoms with E-state index in [-0.39, 0.29) is 0 Å². The minimum Gasteiger partial charge on any atom is -0.264 e. The van der Waals surface area contributed by atoms with Gasteiger partial charge in [0.15, 0.2) is 0 Å². The first-order valence-corrected chi connectivity index (χ1v) is 5.02. The number of hydrogen-bond donors (Lipinski definition) is 0. The molecule has 13 heavy (non-hydrogen) atoms. The number of fused-ring (bicyclic) bond motifs is 2. The highest BCUT2D eigenvalue weighted by Gasteiger charge is 1.97. The molecule has 0 saturated heterocycles. The van der Waals surface area contributed by atoms with Gasteiger partial charge in [-0.25, -0.2) is 0 Å². The van der Waals surface area contributed by atoms with Crippen LogP contribution in [0.15, 0.2) is 42.0 Å². The molecule has 62 valence electrons. The first-order chi connectivity index (χ1) is 6.43. The lowest BCUT2D eigenvalue weighted by Gasteiger charge is -1.95. The zero-order valence-electron chi connectivity index (χ0n) is 6.90. The van der Waals surface area contributed by atoms with Gasteiger partial charge in [0.25, 0.3) is 0 Å². The molecule has 0 radical (unpaired) electrons. The zero-order valence-corrected chi connectivity index (χ0v) is 7.71. The standard InChI is InChI=1S/C11H7NS/c1-3-12-7-10-6-11-9(2-4-13-11)5-8(1)10/h1-7H. The molecular weight excluding hydrogens is 178 g/mol. The normalized spacial score (nSPS) is 11.1.